The number of fused-ring (bicyclic) bond motifs is 4. The van der Waals surface area contributed by atoms with Crippen molar-refractivity contribution < 1.29 is 9.53 Å². The Morgan fingerprint density at radius 1 is 0.750 bits per heavy atom. The van der Waals surface area contributed by atoms with Gasteiger partial charge in [-0.15, -0.1) is 0 Å². The third-order valence-corrected chi connectivity index (χ3v) is 5.40. The third-order valence-electron chi connectivity index (χ3n) is 5.40. The zero-order chi connectivity index (χ0) is 19.1. The predicted octanol–water partition coefficient (Wildman–Crippen LogP) is 6.41. The van der Waals surface area contributed by atoms with E-state index < -0.39 is 6.10 Å². The highest BCUT2D eigenvalue weighted by atomic mass is 16.5. The van der Waals surface area contributed by atoms with Gasteiger partial charge in [-0.25, -0.2) is 4.79 Å². The minimum absolute atomic E-state index is 0.316. The molecule has 5 rings (SSSR count). The monoisotopic (exact) mass is 362 g/mol. The first-order valence-corrected chi connectivity index (χ1v) is 9.31. The number of carbonyl (C=O) groups is 1. The zero-order valence-electron chi connectivity index (χ0n) is 15.3. The molecule has 28 heavy (non-hydrogen) atoms. The number of hydrogen-bond acceptors (Lipinski definition) is 2. The van der Waals surface area contributed by atoms with Crippen LogP contribution in [0.2, 0.25) is 0 Å². The van der Waals surface area contributed by atoms with Gasteiger partial charge >= 0.3 is 5.97 Å². The fourth-order valence-corrected chi connectivity index (χ4v) is 4.10. The molecule has 2 heteroatoms. The molecule has 0 bridgehead atoms. The Morgan fingerprint density at radius 3 is 2.04 bits per heavy atom. The normalized spacial score (nSPS) is 12.4. The first-order valence-electron chi connectivity index (χ1n) is 9.31. The Labute approximate surface area is 163 Å². The number of hydrogen-bond donors (Lipinski definition) is 0. The van der Waals surface area contributed by atoms with E-state index in [0.717, 1.165) is 38.6 Å². The second kappa shape index (κ2) is 6.50. The molecule has 4 aromatic rings. The Bertz CT molecular complexity index is 1190. The average molecular weight is 362 g/mol. The van der Waals surface area contributed by atoms with Gasteiger partial charge in [0.2, 0.25) is 0 Å². The van der Waals surface area contributed by atoms with E-state index in [-0.39, 0.29) is 5.97 Å². The Balaban J connectivity index is 1.59. The molecule has 0 N–H and O–H groups in total. The summed E-state index contributed by atoms with van der Waals surface area (Å²) in [6.45, 7) is 3.87. The molecule has 0 radical (unpaired) electrons. The lowest BCUT2D eigenvalue weighted by Crippen LogP contribution is -2.11. The van der Waals surface area contributed by atoms with E-state index in [1.807, 2.05) is 72.8 Å². The molecule has 0 amide bonds. The lowest BCUT2D eigenvalue weighted by Gasteiger charge is -2.16. The van der Waals surface area contributed by atoms with Gasteiger partial charge in [-0.1, -0.05) is 91.5 Å². The van der Waals surface area contributed by atoms with Crippen molar-refractivity contribution in [2.45, 2.75) is 6.10 Å². The van der Waals surface area contributed by atoms with Gasteiger partial charge < -0.3 is 4.74 Å². The number of ether oxygens (including phenoxy) is 1. The summed E-state index contributed by atoms with van der Waals surface area (Å²) in [4.78, 5) is 13.2. The van der Waals surface area contributed by atoms with E-state index >= 15 is 0 Å². The molecule has 0 saturated carbocycles. The molecule has 0 unspecified atom stereocenters. The Morgan fingerprint density at radius 2 is 1.36 bits per heavy atom. The molecule has 0 heterocycles. The summed E-state index contributed by atoms with van der Waals surface area (Å²) in [5.74, 6) is -0.316. The summed E-state index contributed by atoms with van der Waals surface area (Å²) in [5.41, 5.74) is 5.89. The van der Waals surface area contributed by atoms with Crippen LogP contribution in [0.1, 0.15) is 33.2 Å². The van der Waals surface area contributed by atoms with Crippen LogP contribution in [0.3, 0.4) is 0 Å². The first-order chi connectivity index (χ1) is 13.8. The highest BCUT2D eigenvalue weighted by Gasteiger charge is 2.31. The van der Waals surface area contributed by atoms with E-state index in [2.05, 4.69) is 18.7 Å². The second-order valence-electron chi connectivity index (χ2n) is 6.91. The lowest BCUT2D eigenvalue weighted by molar-refractivity contribution is 0.0388. The molecule has 0 saturated heterocycles. The smallest absolute Gasteiger partial charge is 0.339 e. The summed E-state index contributed by atoms with van der Waals surface area (Å²) >= 11 is 0. The van der Waals surface area contributed by atoms with E-state index in [9.17, 15) is 4.79 Å². The number of esters is 1. The maximum absolute atomic E-state index is 13.2. The standard InChI is InChI=1S/C26H18O2/c1-2-17-9-7-15-19-18(17)14-8-16-24(19)26(27)28-25-22-12-5-3-10-20(22)21-11-4-6-13-23(21)25/h2-16,25H,1H2. The van der Waals surface area contributed by atoms with Crippen LogP contribution in [-0.2, 0) is 4.74 Å². The summed E-state index contributed by atoms with van der Waals surface area (Å²) in [5, 5.41) is 1.88. The molecule has 0 aliphatic heterocycles. The third kappa shape index (κ3) is 2.46. The SMILES string of the molecule is C=Cc1cccc2c(C(=O)OC3c4ccccc4-c4ccccc43)cccc12. The van der Waals surface area contributed by atoms with Crippen LogP contribution in [0.4, 0.5) is 0 Å². The number of benzene rings is 4. The Kier molecular flexibility index (Phi) is 3.84. The van der Waals surface area contributed by atoms with Gasteiger partial charge in [0.25, 0.3) is 0 Å². The van der Waals surface area contributed by atoms with Crippen molar-refractivity contribution in [2.24, 2.45) is 0 Å². The lowest BCUT2D eigenvalue weighted by atomic mass is 10.00. The molecular weight excluding hydrogens is 344 g/mol. The van der Waals surface area contributed by atoms with E-state index in [1.54, 1.807) is 6.08 Å². The van der Waals surface area contributed by atoms with Crippen LogP contribution in [0.5, 0.6) is 0 Å². The molecule has 0 atom stereocenters. The summed E-state index contributed by atoms with van der Waals surface area (Å²) in [6.07, 6.45) is 1.42. The van der Waals surface area contributed by atoms with Crippen LogP contribution >= 0.6 is 0 Å². The number of rotatable bonds is 3. The van der Waals surface area contributed by atoms with Crippen molar-refractivity contribution in [2.75, 3.05) is 0 Å². The van der Waals surface area contributed by atoms with Crippen LogP contribution in [0, 0.1) is 0 Å². The summed E-state index contributed by atoms with van der Waals surface area (Å²) in [7, 11) is 0. The minimum atomic E-state index is -0.391. The van der Waals surface area contributed by atoms with E-state index in [1.165, 1.54) is 0 Å². The molecule has 0 aromatic heterocycles. The summed E-state index contributed by atoms with van der Waals surface area (Å²) in [6, 6.07) is 27.8. The molecule has 134 valence electrons. The molecule has 0 spiro atoms. The van der Waals surface area contributed by atoms with Crippen molar-refractivity contribution in [1.82, 2.24) is 0 Å². The van der Waals surface area contributed by atoms with Crippen LogP contribution < -0.4 is 0 Å². The molecular formula is C26H18O2. The van der Waals surface area contributed by atoms with Gasteiger partial charge in [0.05, 0.1) is 5.56 Å². The minimum Gasteiger partial charge on any atom is -0.449 e. The molecule has 0 fully saturated rings. The molecule has 2 nitrogen and oxygen atoms in total. The quantitative estimate of drug-likeness (QED) is 0.394. The molecule has 1 aliphatic carbocycles. The molecule has 1 aliphatic rings. The van der Waals surface area contributed by atoms with Crippen molar-refractivity contribution in [3.63, 3.8) is 0 Å². The topological polar surface area (TPSA) is 26.3 Å². The highest BCUT2D eigenvalue weighted by molar-refractivity contribution is 6.06. The number of carbonyl (C=O) groups excluding carboxylic acids is 1. The van der Waals surface area contributed by atoms with Crippen LogP contribution in [-0.4, -0.2) is 5.97 Å². The van der Waals surface area contributed by atoms with E-state index in [0.29, 0.717) is 5.56 Å². The first kappa shape index (κ1) is 16.5. The van der Waals surface area contributed by atoms with E-state index in [4.69, 9.17) is 4.74 Å². The van der Waals surface area contributed by atoms with Gasteiger partial charge in [-0.05, 0) is 33.5 Å². The van der Waals surface area contributed by atoms with Gasteiger partial charge in [0.15, 0.2) is 6.10 Å². The van der Waals surface area contributed by atoms with Crippen molar-refractivity contribution >= 4 is 22.8 Å². The maximum atomic E-state index is 13.2. The van der Waals surface area contributed by atoms with Crippen LogP contribution in [0.15, 0.2) is 91.5 Å². The second-order valence-corrected chi connectivity index (χ2v) is 6.91. The van der Waals surface area contributed by atoms with Crippen molar-refractivity contribution in [3.8, 4) is 11.1 Å². The average Bonchev–Trinajstić information content (AvgIpc) is 3.07. The molecule has 4 aromatic carbocycles. The Hall–Kier alpha value is -3.65. The summed E-state index contributed by atoms with van der Waals surface area (Å²) < 4.78 is 6.07. The van der Waals surface area contributed by atoms with Crippen molar-refractivity contribution in [3.05, 3.63) is 114 Å². The highest BCUT2D eigenvalue weighted by Crippen LogP contribution is 2.45. The van der Waals surface area contributed by atoms with Crippen LogP contribution in [0.25, 0.3) is 28.0 Å². The van der Waals surface area contributed by atoms with Gasteiger partial charge in [0.1, 0.15) is 0 Å². The predicted molar refractivity (Wildman–Crippen MR) is 113 cm³/mol. The van der Waals surface area contributed by atoms with Gasteiger partial charge in [0, 0.05) is 11.1 Å². The fraction of sp³-hybridized carbons (Fsp3) is 0.0385. The zero-order valence-corrected chi connectivity index (χ0v) is 15.3. The maximum Gasteiger partial charge on any atom is 0.339 e. The van der Waals surface area contributed by atoms with Gasteiger partial charge in [-0.3, -0.25) is 0 Å². The largest absolute Gasteiger partial charge is 0.449 e. The van der Waals surface area contributed by atoms with Gasteiger partial charge in [-0.2, -0.15) is 0 Å². The fourth-order valence-electron chi connectivity index (χ4n) is 4.10. The van der Waals surface area contributed by atoms with Crippen molar-refractivity contribution in [1.29, 1.82) is 0 Å².